The van der Waals surface area contributed by atoms with Gasteiger partial charge in [-0.1, -0.05) is 0 Å². The first-order valence-corrected chi connectivity index (χ1v) is 6.93. The second-order valence-electron chi connectivity index (χ2n) is 4.83. The van der Waals surface area contributed by atoms with Crippen molar-refractivity contribution in [2.24, 2.45) is 0 Å². The zero-order valence-corrected chi connectivity index (χ0v) is 10.9. The second-order valence-corrected chi connectivity index (χ2v) is 5.72. The van der Waals surface area contributed by atoms with Crippen molar-refractivity contribution in [3.05, 3.63) is 27.8 Å². The summed E-state index contributed by atoms with van der Waals surface area (Å²) >= 11 is 1.38. The van der Waals surface area contributed by atoms with Gasteiger partial charge in [0.05, 0.1) is 27.3 Å². The number of fused-ring (bicyclic) bond motifs is 1. The van der Waals surface area contributed by atoms with Crippen LogP contribution in [0.25, 0.3) is 10.2 Å². The number of thiazole rings is 1. The van der Waals surface area contributed by atoms with E-state index in [1.54, 1.807) is 11.6 Å². The van der Waals surface area contributed by atoms with Crippen molar-refractivity contribution in [3.8, 4) is 0 Å². The fourth-order valence-corrected chi connectivity index (χ4v) is 3.09. The molecule has 0 saturated heterocycles. The third kappa shape index (κ3) is 1.95. The van der Waals surface area contributed by atoms with Crippen LogP contribution in [0.15, 0.2) is 17.6 Å². The van der Waals surface area contributed by atoms with Gasteiger partial charge in [0.2, 0.25) is 0 Å². The van der Waals surface area contributed by atoms with E-state index in [2.05, 4.69) is 10.3 Å². The van der Waals surface area contributed by atoms with Crippen LogP contribution >= 0.6 is 11.3 Å². The molecule has 19 heavy (non-hydrogen) atoms. The lowest BCUT2D eigenvalue weighted by Crippen LogP contribution is -2.48. The summed E-state index contributed by atoms with van der Waals surface area (Å²) in [5, 5.41) is 23.9. The number of anilines is 1. The predicted molar refractivity (Wildman–Crippen MR) is 73.6 cm³/mol. The zero-order chi connectivity index (χ0) is 13.5. The highest BCUT2D eigenvalue weighted by Gasteiger charge is 2.38. The molecular weight excluding hydrogens is 266 g/mol. The summed E-state index contributed by atoms with van der Waals surface area (Å²) < 4.78 is 0.795. The number of aliphatic hydroxyl groups is 1. The van der Waals surface area contributed by atoms with Gasteiger partial charge < -0.3 is 10.4 Å². The monoisotopic (exact) mass is 279 g/mol. The highest BCUT2D eigenvalue weighted by atomic mass is 32.1. The van der Waals surface area contributed by atoms with Crippen LogP contribution in [0.2, 0.25) is 0 Å². The molecule has 0 spiro atoms. The van der Waals surface area contributed by atoms with Gasteiger partial charge in [-0.25, -0.2) is 4.98 Å². The molecule has 0 atom stereocenters. The Morgan fingerprint density at radius 1 is 1.53 bits per heavy atom. The quantitative estimate of drug-likeness (QED) is 0.663. The van der Waals surface area contributed by atoms with Crippen molar-refractivity contribution in [2.45, 2.75) is 24.8 Å². The summed E-state index contributed by atoms with van der Waals surface area (Å²) in [7, 11) is 0. The van der Waals surface area contributed by atoms with E-state index in [0.717, 1.165) is 24.0 Å². The lowest BCUT2D eigenvalue weighted by Gasteiger charge is -2.41. The van der Waals surface area contributed by atoms with Gasteiger partial charge in [0.15, 0.2) is 5.52 Å². The minimum Gasteiger partial charge on any atom is -0.394 e. The highest BCUT2D eigenvalue weighted by Crippen LogP contribution is 2.40. The Hall–Kier alpha value is -1.73. The van der Waals surface area contributed by atoms with Crippen molar-refractivity contribution in [1.29, 1.82) is 0 Å². The minimum atomic E-state index is -0.409. The number of benzene rings is 1. The normalized spacial score (nSPS) is 17.1. The molecule has 0 aliphatic heterocycles. The number of aromatic nitrogens is 1. The third-order valence-electron chi connectivity index (χ3n) is 3.67. The number of rotatable bonds is 4. The molecular formula is C12H13N3O3S. The van der Waals surface area contributed by atoms with E-state index >= 15 is 0 Å². The third-order valence-corrected chi connectivity index (χ3v) is 4.47. The molecule has 3 rings (SSSR count). The van der Waals surface area contributed by atoms with Crippen LogP contribution in [-0.4, -0.2) is 27.2 Å². The molecule has 0 radical (unpaired) electrons. The Morgan fingerprint density at radius 2 is 2.32 bits per heavy atom. The molecule has 1 aliphatic carbocycles. The van der Waals surface area contributed by atoms with Gasteiger partial charge in [0.25, 0.3) is 0 Å². The van der Waals surface area contributed by atoms with E-state index in [4.69, 9.17) is 0 Å². The summed E-state index contributed by atoms with van der Waals surface area (Å²) in [5.74, 6) is 0. The van der Waals surface area contributed by atoms with E-state index in [0.29, 0.717) is 11.2 Å². The van der Waals surface area contributed by atoms with Crippen LogP contribution in [0, 0.1) is 10.1 Å². The van der Waals surface area contributed by atoms with Crippen molar-refractivity contribution in [1.82, 2.24) is 4.98 Å². The van der Waals surface area contributed by atoms with Crippen LogP contribution in [-0.2, 0) is 0 Å². The Morgan fingerprint density at radius 3 is 2.89 bits per heavy atom. The van der Waals surface area contributed by atoms with Gasteiger partial charge in [-0.2, -0.15) is 0 Å². The smallest absolute Gasteiger partial charge is 0.319 e. The lowest BCUT2D eigenvalue weighted by atomic mass is 9.77. The Bertz CT molecular complexity index is 631. The standard InChI is InChI=1S/C12H13N3O3S/c16-6-12(4-1-5-12)14-8-2-3-9-10(13-7-19-9)11(8)15(17)18/h2-3,7,14,16H,1,4-6H2. The topological polar surface area (TPSA) is 88.3 Å². The second kappa shape index (κ2) is 4.43. The summed E-state index contributed by atoms with van der Waals surface area (Å²) in [6.45, 7) is -0.0146. The summed E-state index contributed by atoms with van der Waals surface area (Å²) in [5.41, 5.74) is 2.05. The Balaban J connectivity index is 2.07. The number of nitrogens with zero attached hydrogens (tertiary/aromatic N) is 2. The molecule has 1 aromatic carbocycles. The first-order valence-electron chi connectivity index (χ1n) is 6.05. The van der Waals surface area contributed by atoms with Gasteiger partial charge >= 0.3 is 5.69 Å². The van der Waals surface area contributed by atoms with Crippen LogP contribution in [0.5, 0.6) is 0 Å². The van der Waals surface area contributed by atoms with Gasteiger partial charge in [0.1, 0.15) is 5.69 Å². The fourth-order valence-electron chi connectivity index (χ4n) is 2.41. The van der Waals surface area contributed by atoms with Gasteiger partial charge in [0, 0.05) is 0 Å². The Kier molecular flexibility index (Phi) is 2.87. The van der Waals surface area contributed by atoms with Crippen molar-refractivity contribution < 1.29 is 10.0 Å². The number of aliphatic hydroxyl groups excluding tert-OH is 1. The Labute approximate surface area is 113 Å². The number of nitro benzene ring substituents is 1. The largest absolute Gasteiger partial charge is 0.394 e. The highest BCUT2D eigenvalue weighted by molar-refractivity contribution is 7.16. The zero-order valence-electron chi connectivity index (χ0n) is 10.1. The SMILES string of the molecule is O=[N+]([O-])c1c(NC2(CO)CCC2)ccc2scnc12. The predicted octanol–water partition coefficient (Wildman–Crippen LogP) is 2.53. The van der Waals surface area contributed by atoms with Crippen LogP contribution < -0.4 is 5.32 Å². The summed E-state index contributed by atoms with van der Waals surface area (Å²) in [4.78, 5) is 14.9. The molecule has 7 heteroatoms. The van der Waals surface area contributed by atoms with Crippen LogP contribution in [0.3, 0.4) is 0 Å². The van der Waals surface area contributed by atoms with E-state index in [-0.39, 0.29) is 12.3 Å². The van der Waals surface area contributed by atoms with Gasteiger partial charge in [-0.05, 0) is 31.4 Å². The van der Waals surface area contributed by atoms with Gasteiger partial charge in [-0.3, -0.25) is 10.1 Å². The van der Waals surface area contributed by atoms with E-state index in [1.807, 2.05) is 6.07 Å². The maximum Gasteiger partial charge on any atom is 0.319 e. The van der Waals surface area contributed by atoms with Crippen molar-refractivity contribution in [3.63, 3.8) is 0 Å². The van der Waals surface area contributed by atoms with Crippen molar-refractivity contribution in [2.75, 3.05) is 11.9 Å². The van der Waals surface area contributed by atoms with E-state index in [9.17, 15) is 15.2 Å². The minimum absolute atomic E-state index is 0.00141. The maximum absolute atomic E-state index is 11.3. The molecule has 100 valence electrons. The molecule has 0 unspecified atom stereocenters. The molecule has 1 fully saturated rings. The maximum atomic E-state index is 11.3. The molecule has 1 aliphatic rings. The molecule has 6 nitrogen and oxygen atoms in total. The van der Waals surface area contributed by atoms with Gasteiger partial charge in [-0.15, -0.1) is 11.3 Å². The summed E-state index contributed by atoms with van der Waals surface area (Å²) in [6.07, 6.45) is 2.69. The molecule has 2 aromatic rings. The molecule has 1 saturated carbocycles. The van der Waals surface area contributed by atoms with Crippen molar-refractivity contribution >= 4 is 32.9 Å². The number of nitro groups is 1. The van der Waals surface area contributed by atoms with Crippen LogP contribution in [0.1, 0.15) is 19.3 Å². The molecule has 2 N–H and O–H groups in total. The molecule has 0 amide bonds. The average Bonchev–Trinajstić information content (AvgIpc) is 2.80. The molecule has 1 aromatic heterocycles. The van der Waals surface area contributed by atoms with E-state index in [1.165, 1.54) is 11.3 Å². The molecule has 0 bridgehead atoms. The van der Waals surface area contributed by atoms with Crippen LogP contribution in [0.4, 0.5) is 11.4 Å². The van der Waals surface area contributed by atoms with E-state index < -0.39 is 10.5 Å². The first kappa shape index (κ1) is 12.3. The molecule has 1 heterocycles. The number of hydrogen-bond donors (Lipinski definition) is 2. The average molecular weight is 279 g/mol. The lowest BCUT2D eigenvalue weighted by molar-refractivity contribution is -0.382. The summed E-state index contributed by atoms with van der Waals surface area (Å²) in [6, 6.07) is 3.53. The fraction of sp³-hybridized carbons (Fsp3) is 0.417. The first-order chi connectivity index (χ1) is 9.15. The number of nitrogens with one attached hydrogen (secondary N) is 1. The number of hydrogen-bond acceptors (Lipinski definition) is 6.